The monoisotopic (exact) mass is 224 g/mol. The Morgan fingerprint density at radius 2 is 2.12 bits per heavy atom. The lowest BCUT2D eigenvalue weighted by Crippen LogP contribution is -1.97. The third-order valence-electron chi connectivity index (χ3n) is 2.73. The quantitative estimate of drug-likeness (QED) is 0.722. The summed E-state index contributed by atoms with van der Waals surface area (Å²) >= 11 is 0. The summed E-state index contributed by atoms with van der Waals surface area (Å²) in [6, 6.07) is 9.84. The van der Waals surface area contributed by atoms with Crippen LogP contribution in [0.25, 0.3) is 17.0 Å². The van der Waals surface area contributed by atoms with E-state index >= 15 is 0 Å². The number of nitrogens with zero attached hydrogens (tertiary/aromatic N) is 3. The molecule has 0 radical (unpaired) electrons. The number of aromatic nitrogens is 3. The fourth-order valence-corrected chi connectivity index (χ4v) is 1.86. The molecular weight excluding hydrogens is 212 g/mol. The molecule has 0 bridgehead atoms. The van der Waals surface area contributed by atoms with Crippen molar-refractivity contribution < 1.29 is 0 Å². The summed E-state index contributed by atoms with van der Waals surface area (Å²) in [5.41, 5.74) is 8.62. The van der Waals surface area contributed by atoms with Gasteiger partial charge in [-0.2, -0.15) is 0 Å². The van der Waals surface area contributed by atoms with Gasteiger partial charge < -0.3 is 5.73 Å². The zero-order valence-corrected chi connectivity index (χ0v) is 9.24. The van der Waals surface area contributed by atoms with E-state index < -0.39 is 0 Å². The van der Waals surface area contributed by atoms with Crippen LogP contribution in [-0.2, 0) is 6.54 Å². The van der Waals surface area contributed by atoms with E-state index in [0.717, 1.165) is 22.6 Å². The fourth-order valence-electron chi connectivity index (χ4n) is 1.86. The number of imidazole rings is 1. The van der Waals surface area contributed by atoms with Gasteiger partial charge in [0.25, 0.3) is 0 Å². The van der Waals surface area contributed by atoms with Crippen molar-refractivity contribution in [1.82, 2.24) is 14.4 Å². The van der Waals surface area contributed by atoms with E-state index in [1.54, 1.807) is 6.20 Å². The number of pyridine rings is 2. The normalized spacial score (nSPS) is 10.9. The molecule has 3 aromatic heterocycles. The molecule has 0 saturated carbocycles. The van der Waals surface area contributed by atoms with Gasteiger partial charge in [0.1, 0.15) is 5.69 Å². The molecule has 0 aliphatic heterocycles. The molecule has 3 rings (SSSR count). The van der Waals surface area contributed by atoms with E-state index in [4.69, 9.17) is 5.73 Å². The lowest BCUT2D eigenvalue weighted by atomic mass is 10.2. The van der Waals surface area contributed by atoms with Crippen LogP contribution in [0.4, 0.5) is 0 Å². The average molecular weight is 224 g/mol. The van der Waals surface area contributed by atoms with Crippen LogP contribution < -0.4 is 5.73 Å². The number of hydrogen-bond acceptors (Lipinski definition) is 3. The average Bonchev–Trinajstić information content (AvgIpc) is 2.82. The Bertz CT molecular complexity index is 643. The van der Waals surface area contributed by atoms with E-state index in [-0.39, 0.29) is 0 Å². The van der Waals surface area contributed by atoms with E-state index in [1.807, 2.05) is 47.1 Å². The van der Waals surface area contributed by atoms with Crippen LogP contribution in [0.3, 0.4) is 0 Å². The maximum Gasteiger partial charge on any atom is 0.163 e. The predicted octanol–water partition coefficient (Wildman–Crippen LogP) is 1.85. The van der Waals surface area contributed by atoms with Gasteiger partial charge in [0.05, 0.1) is 11.7 Å². The van der Waals surface area contributed by atoms with E-state index in [9.17, 15) is 0 Å². The first-order valence-corrected chi connectivity index (χ1v) is 5.46. The minimum absolute atomic E-state index is 0.542. The topological polar surface area (TPSA) is 56.2 Å². The summed E-state index contributed by atoms with van der Waals surface area (Å²) in [6.07, 6.45) is 5.59. The Morgan fingerprint density at radius 3 is 2.88 bits per heavy atom. The molecule has 0 spiro atoms. The van der Waals surface area contributed by atoms with Gasteiger partial charge in [0.15, 0.2) is 5.82 Å². The third-order valence-corrected chi connectivity index (χ3v) is 2.73. The second-order valence-electron chi connectivity index (χ2n) is 3.83. The predicted molar refractivity (Wildman–Crippen MR) is 66.3 cm³/mol. The van der Waals surface area contributed by atoms with Gasteiger partial charge in [0.2, 0.25) is 0 Å². The Balaban J connectivity index is 2.19. The molecule has 4 heteroatoms. The van der Waals surface area contributed by atoms with Crippen molar-refractivity contribution in [2.45, 2.75) is 6.54 Å². The molecule has 0 saturated heterocycles. The number of fused-ring (bicyclic) bond motifs is 1. The maximum absolute atomic E-state index is 5.62. The summed E-state index contributed by atoms with van der Waals surface area (Å²) in [4.78, 5) is 8.71. The van der Waals surface area contributed by atoms with Gasteiger partial charge in [-0.3, -0.25) is 9.38 Å². The minimum Gasteiger partial charge on any atom is -0.326 e. The minimum atomic E-state index is 0.542. The lowest BCUT2D eigenvalue weighted by molar-refractivity contribution is 1.05. The Morgan fingerprint density at radius 1 is 1.18 bits per heavy atom. The summed E-state index contributed by atoms with van der Waals surface area (Å²) in [5, 5.41) is 0. The molecule has 3 heterocycles. The molecule has 84 valence electrons. The fraction of sp³-hybridized carbons (Fsp3) is 0.0769. The molecule has 0 atom stereocenters. The summed E-state index contributed by atoms with van der Waals surface area (Å²) in [5.74, 6) is 0.851. The first-order valence-electron chi connectivity index (χ1n) is 5.46. The smallest absolute Gasteiger partial charge is 0.163 e. The Hall–Kier alpha value is -2.20. The summed E-state index contributed by atoms with van der Waals surface area (Å²) in [6.45, 7) is 0.542. The largest absolute Gasteiger partial charge is 0.326 e. The number of hydrogen-bond donors (Lipinski definition) is 1. The molecule has 0 fully saturated rings. The highest BCUT2D eigenvalue weighted by molar-refractivity contribution is 5.59. The van der Waals surface area contributed by atoms with Crippen molar-refractivity contribution in [1.29, 1.82) is 0 Å². The van der Waals surface area contributed by atoms with Crippen LogP contribution in [-0.4, -0.2) is 14.4 Å². The van der Waals surface area contributed by atoms with Crippen molar-refractivity contribution in [2.24, 2.45) is 5.73 Å². The van der Waals surface area contributed by atoms with Crippen LogP contribution in [0.15, 0.2) is 48.9 Å². The van der Waals surface area contributed by atoms with Gasteiger partial charge in [-0.05, 0) is 29.8 Å². The van der Waals surface area contributed by atoms with Crippen molar-refractivity contribution in [3.63, 3.8) is 0 Å². The summed E-state index contributed by atoms with van der Waals surface area (Å²) in [7, 11) is 0. The molecule has 17 heavy (non-hydrogen) atoms. The van der Waals surface area contributed by atoms with Crippen LogP contribution in [0, 0.1) is 0 Å². The summed E-state index contributed by atoms with van der Waals surface area (Å²) < 4.78 is 2.02. The molecular formula is C13H12N4. The van der Waals surface area contributed by atoms with Crippen molar-refractivity contribution in [3.05, 3.63) is 54.5 Å². The zero-order chi connectivity index (χ0) is 11.7. The molecule has 0 unspecified atom stereocenters. The van der Waals surface area contributed by atoms with Gasteiger partial charge in [-0.25, -0.2) is 4.98 Å². The second-order valence-corrected chi connectivity index (χ2v) is 3.83. The third kappa shape index (κ3) is 1.68. The lowest BCUT2D eigenvalue weighted by Gasteiger charge is -2.02. The molecule has 0 aliphatic rings. The van der Waals surface area contributed by atoms with Crippen molar-refractivity contribution >= 4 is 5.52 Å². The molecule has 4 nitrogen and oxygen atoms in total. The highest BCUT2D eigenvalue weighted by Gasteiger charge is 2.06. The number of nitrogens with two attached hydrogens (primary N) is 1. The first-order chi connectivity index (χ1) is 8.38. The Kier molecular flexibility index (Phi) is 2.34. The highest BCUT2D eigenvalue weighted by Crippen LogP contribution is 2.17. The van der Waals surface area contributed by atoms with Gasteiger partial charge in [0, 0.05) is 18.9 Å². The Labute approximate surface area is 98.8 Å². The van der Waals surface area contributed by atoms with Crippen LogP contribution >= 0.6 is 0 Å². The van der Waals surface area contributed by atoms with Crippen molar-refractivity contribution in [2.75, 3.05) is 0 Å². The molecule has 0 amide bonds. The molecule has 3 aromatic rings. The zero-order valence-electron chi connectivity index (χ0n) is 9.24. The molecule has 2 N–H and O–H groups in total. The molecule has 0 aliphatic carbocycles. The first kappa shape index (κ1) is 9.99. The van der Waals surface area contributed by atoms with Crippen LogP contribution in [0.1, 0.15) is 5.56 Å². The van der Waals surface area contributed by atoms with Gasteiger partial charge in [-0.1, -0.05) is 6.07 Å². The van der Waals surface area contributed by atoms with E-state index in [1.165, 1.54) is 0 Å². The van der Waals surface area contributed by atoms with E-state index in [0.29, 0.717) is 6.54 Å². The van der Waals surface area contributed by atoms with Gasteiger partial charge >= 0.3 is 0 Å². The SMILES string of the molecule is NCc1ccn2c(-c3ccccn3)ncc2c1. The second kappa shape index (κ2) is 3.99. The van der Waals surface area contributed by atoms with E-state index in [2.05, 4.69) is 9.97 Å². The molecule has 0 aromatic carbocycles. The standard InChI is InChI=1S/C13H12N4/c14-8-10-4-6-17-11(7-10)9-16-13(17)12-3-1-2-5-15-12/h1-7,9H,8,14H2. The maximum atomic E-state index is 5.62. The number of rotatable bonds is 2. The van der Waals surface area contributed by atoms with Crippen molar-refractivity contribution in [3.8, 4) is 11.5 Å². The highest BCUT2D eigenvalue weighted by atomic mass is 15.0. The van der Waals surface area contributed by atoms with Crippen LogP contribution in [0.2, 0.25) is 0 Å². The van der Waals surface area contributed by atoms with Crippen LogP contribution in [0.5, 0.6) is 0 Å². The van der Waals surface area contributed by atoms with Gasteiger partial charge in [-0.15, -0.1) is 0 Å².